The van der Waals surface area contributed by atoms with E-state index in [-0.39, 0.29) is 16.9 Å². The average Bonchev–Trinajstić information content (AvgIpc) is 2.67. The van der Waals surface area contributed by atoms with E-state index in [1.54, 1.807) is 19.1 Å². The Kier molecular flexibility index (Phi) is 6.93. The standard InChI is InChI=1S/C20H23NO6S/c1-13-5-8-15(9-6-13)17(12-19(22)26-3)21-28(24,25)18-11-16(20(23)27-4)10-7-14(18)2/h5-11,17,21H,12H2,1-4H3/t17-/m0/s1. The summed E-state index contributed by atoms with van der Waals surface area (Å²) in [5.74, 6) is -1.19. The highest BCUT2D eigenvalue weighted by Crippen LogP contribution is 2.24. The highest BCUT2D eigenvalue weighted by molar-refractivity contribution is 7.89. The van der Waals surface area contributed by atoms with Gasteiger partial charge in [-0.25, -0.2) is 17.9 Å². The lowest BCUT2D eigenvalue weighted by molar-refractivity contribution is -0.141. The molecule has 0 aliphatic carbocycles. The topological polar surface area (TPSA) is 98.8 Å². The van der Waals surface area contributed by atoms with Crippen molar-refractivity contribution in [3.8, 4) is 0 Å². The van der Waals surface area contributed by atoms with Crippen molar-refractivity contribution in [3.05, 3.63) is 64.7 Å². The van der Waals surface area contributed by atoms with Crippen molar-refractivity contribution in [3.63, 3.8) is 0 Å². The summed E-state index contributed by atoms with van der Waals surface area (Å²) < 4.78 is 38.0. The lowest BCUT2D eigenvalue weighted by Crippen LogP contribution is -2.31. The molecule has 2 aromatic rings. The van der Waals surface area contributed by atoms with Crippen LogP contribution in [0.4, 0.5) is 0 Å². The minimum absolute atomic E-state index is 0.0580. The van der Waals surface area contributed by atoms with Crippen LogP contribution in [0, 0.1) is 13.8 Å². The monoisotopic (exact) mass is 405 g/mol. The molecule has 0 spiro atoms. The zero-order chi connectivity index (χ0) is 20.9. The van der Waals surface area contributed by atoms with Gasteiger partial charge in [-0.1, -0.05) is 35.9 Å². The molecule has 0 bridgehead atoms. The molecule has 0 saturated carbocycles. The number of hydrogen-bond donors (Lipinski definition) is 1. The van der Waals surface area contributed by atoms with Crippen molar-refractivity contribution >= 4 is 22.0 Å². The lowest BCUT2D eigenvalue weighted by Gasteiger charge is -2.19. The molecule has 0 radical (unpaired) electrons. The van der Waals surface area contributed by atoms with E-state index in [9.17, 15) is 18.0 Å². The summed E-state index contributed by atoms with van der Waals surface area (Å²) in [4.78, 5) is 23.5. The van der Waals surface area contributed by atoms with E-state index in [0.29, 0.717) is 11.1 Å². The van der Waals surface area contributed by atoms with Crippen LogP contribution in [0.5, 0.6) is 0 Å². The minimum atomic E-state index is -4.03. The number of methoxy groups -OCH3 is 2. The first kappa shape index (κ1) is 21.6. The largest absolute Gasteiger partial charge is 0.469 e. The van der Waals surface area contributed by atoms with Crippen LogP contribution < -0.4 is 4.72 Å². The number of hydrogen-bond acceptors (Lipinski definition) is 6. The Morgan fingerprint density at radius 2 is 1.64 bits per heavy atom. The Labute approximate surface area is 164 Å². The maximum Gasteiger partial charge on any atom is 0.337 e. The van der Waals surface area contributed by atoms with Gasteiger partial charge in [-0.2, -0.15) is 0 Å². The van der Waals surface area contributed by atoms with Gasteiger partial charge in [0.2, 0.25) is 10.0 Å². The molecule has 0 saturated heterocycles. The first-order valence-electron chi connectivity index (χ1n) is 8.52. The predicted molar refractivity (Wildman–Crippen MR) is 103 cm³/mol. The van der Waals surface area contributed by atoms with Gasteiger partial charge in [0, 0.05) is 0 Å². The molecule has 28 heavy (non-hydrogen) atoms. The van der Waals surface area contributed by atoms with Crippen molar-refractivity contribution in [2.45, 2.75) is 31.2 Å². The van der Waals surface area contributed by atoms with Crippen LogP contribution in [0.15, 0.2) is 47.4 Å². The van der Waals surface area contributed by atoms with Crippen LogP contribution in [-0.4, -0.2) is 34.6 Å². The second kappa shape index (κ2) is 8.99. The van der Waals surface area contributed by atoms with Gasteiger partial charge in [0.05, 0.1) is 37.1 Å². The molecule has 0 aliphatic heterocycles. The minimum Gasteiger partial charge on any atom is -0.469 e. The summed E-state index contributed by atoms with van der Waals surface area (Å²) in [6.07, 6.45) is -0.172. The molecule has 0 unspecified atom stereocenters. The molecule has 2 aromatic carbocycles. The van der Waals surface area contributed by atoms with Crippen LogP contribution >= 0.6 is 0 Å². The summed E-state index contributed by atoms with van der Waals surface area (Å²) >= 11 is 0. The van der Waals surface area contributed by atoms with Gasteiger partial charge in [-0.3, -0.25) is 4.79 Å². The molecule has 0 fully saturated rings. The van der Waals surface area contributed by atoms with Gasteiger partial charge in [0.25, 0.3) is 0 Å². The highest BCUT2D eigenvalue weighted by atomic mass is 32.2. The van der Waals surface area contributed by atoms with E-state index in [0.717, 1.165) is 5.56 Å². The zero-order valence-corrected chi connectivity index (χ0v) is 17.0. The molecule has 0 amide bonds. The first-order chi connectivity index (χ1) is 13.2. The Morgan fingerprint density at radius 1 is 1.00 bits per heavy atom. The first-order valence-corrected chi connectivity index (χ1v) is 10.0. The number of ether oxygens (including phenoxy) is 2. The maximum absolute atomic E-state index is 13.0. The van der Waals surface area contributed by atoms with Gasteiger partial charge >= 0.3 is 11.9 Å². The Morgan fingerprint density at radius 3 is 2.21 bits per heavy atom. The Balaban J connectivity index is 2.43. The smallest absolute Gasteiger partial charge is 0.337 e. The Hall–Kier alpha value is -2.71. The van der Waals surface area contributed by atoms with E-state index < -0.39 is 28.0 Å². The molecule has 150 valence electrons. The number of nitrogens with one attached hydrogen (secondary N) is 1. The number of esters is 2. The van der Waals surface area contributed by atoms with Crippen molar-refractivity contribution in [2.75, 3.05) is 14.2 Å². The summed E-state index contributed by atoms with van der Waals surface area (Å²) in [6, 6.07) is 10.6. The van der Waals surface area contributed by atoms with E-state index >= 15 is 0 Å². The van der Waals surface area contributed by atoms with Crippen molar-refractivity contribution < 1.29 is 27.5 Å². The number of benzene rings is 2. The number of carbonyl (C=O) groups excluding carboxylic acids is 2. The summed E-state index contributed by atoms with van der Waals surface area (Å²) in [6.45, 7) is 3.53. The molecule has 0 heterocycles. The van der Waals surface area contributed by atoms with Crippen LogP contribution in [0.2, 0.25) is 0 Å². The average molecular weight is 405 g/mol. The summed E-state index contributed by atoms with van der Waals surface area (Å²) in [5.41, 5.74) is 2.21. The van der Waals surface area contributed by atoms with E-state index in [4.69, 9.17) is 4.74 Å². The van der Waals surface area contributed by atoms with Gasteiger partial charge < -0.3 is 9.47 Å². The maximum atomic E-state index is 13.0. The molecule has 1 N–H and O–H groups in total. The van der Waals surface area contributed by atoms with Crippen molar-refractivity contribution in [2.24, 2.45) is 0 Å². The molecule has 1 atom stereocenters. The quantitative estimate of drug-likeness (QED) is 0.711. The predicted octanol–water partition coefficient (Wildman–Crippen LogP) is 2.67. The van der Waals surface area contributed by atoms with Gasteiger partial charge in [-0.15, -0.1) is 0 Å². The van der Waals surface area contributed by atoms with Crippen LogP contribution in [0.1, 0.15) is 39.5 Å². The number of aryl methyl sites for hydroxylation is 2. The Bertz CT molecular complexity index is 967. The zero-order valence-electron chi connectivity index (χ0n) is 16.2. The molecular weight excluding hydrogens is 382 g/mol. The molecule has 0 aliphatic rings. The van der Waals surface area contributed by atoms with Gasteiger partial charge in [-0.05, 0) is 37.1 Å². The fraction of sp³-hybridized carbons (Fsp3) is 0.300. The number of rotatable bonds is 7. The molecule has 0 aromatic heterocycles. The van der Waals surface area contributed by atoms with Crippen LogP contribution in [0.25, 0.3) is 0 Å². The third-order valence-electron chi connectivity index (χ3n) is 4.27. The molecule has 2 rings (SSSR count). The van der Waals surface area contributed by atoms with E-state index in [2.05, 4.69) is 9.46 Å². The fourth-order valence-electron chi connectivity index (χ4n) is 2.66. The van der Waals surface area contributed by atoms with Gasteiger partial charge in [0.15, 0.2) is 0 Å². The second-order valence-electron chi connectivity index (χ2n) is 6.34. The fourth-order valence-corrected chi connectivity index (χ4v) is 4.16. The second-order valence-corrected chi connectivity index (χ2v) is 8.02. The van der Waals surface area contributed by atoms with E-state index in [1.807, 2.05) is 19.1 Å². The summed E-state index contributed by atoms with van der Waals surface area (Å²) in [7, 11) is -1.57. The SMILES string of the molecule is COC(=O)C[C@H](NS(=O)(=O)c1cc(C(=O)OC)ccc1C)c1ccc(C)cc1. The normalized spacial score (nSPS) is 12.3. The van der Waals surface area contributed by atoms with Gasteiger partial charge in [0.1, 0.15) is 0 Å². The highest BCUT2D eigenvalue weighted by Gasteiger charge is 2.26. The van der Waals surface area contributed by atoms with Crippen molar-refractivity contribution in [1.82, 2.24) is 4.72 Å². The van der Waals surface area contributed by atoms with Crippen molar-refractivity contribution in [1.29, 1.82) is 0 Å². The third-order valence-corrected chi connectivity index (χ3v) is 5.89. The number of sulfonamides is 1. The van der Waals surface area contributed by atoms with Crippen LogP contribution in [0.3, 0.4) is 0 Å². The van der Waals surface area contributed by atoms with Crippen LogP contribution in [-0.2, 0) is 24.3 Å². The summed E-state index contributed by atoms with van der Waals surface area (Å²) in [5, 5.41) is 0. The lowest BCUT2D eigenvalue weighted by atomic mass is 10.0. The molecule has 8 heteroatoms. The third kappa shape index (κ3) is 5.17. The van der Waals surface area contributed by atoms with E-state index in [1.165, 1.54) is 32.4 Å². The molecular formula is C20H23NO6S. The molecule has 7 nitrogen and oxygen atoms in total. The number of carbonyl (C=O) groups is 2.